The number of likely N-dealkylation sites (N-methyl/N-ethyl adjacent to an activating group) is 1. The molecule has 41 heavy (non-hydrogen) atoms. The normalized spacial score (nSPS) is 16.6. The number of fused-ring (bicyclic) bond motifs is 2. The fraction of sp³-hybridized carbons (Fsp3) is 0.300. The summed E-state index contributed by atoms with van der Waals surface area (Å²) in [6.07, 6.45) is 4.43. The van der Waals surface area contributed by atoms with Crippen molar-refractivity contribution in [3.63, 3.8) is 0 Å². The van der Waals surface area contributed by atoms with Gasteiger partial charge >= 0.3 is 0 Å². The summed E-state index contributed by atoms with van der Waals surface area (Å²) in [5, 5.41) is 10.2. The number of aromatic amines is 1. The minimum absolute atomic E-state index is 0.0987. The topological polar surface area (TPSA) is 110 Å². The maximum absolute atomic E-state index is 14.8. The maximum Gasteiger partial charge on any atom is 0.244 e. The molecule has 212 valence electrons. The van der Waals surface area contributed by atoms with Crippen LogP contribution in [0.15, 0.2) is 49.2 Å². The smallest absolute Gasteiger partial charge is 0.244 e. The van der Waals surface area contributed by atoms with Gasteiger partial charge in [-0.05, 0) is 68.8 Å². The average molecular weight is 557 g/mol. The van der Waals surface area contributed by atoms with Crippen molar-refractivity contribution < 1.29 is 13.9 Å². The SMILES string of the molecule is C=C(NC)c1c(F)cccc1Nc1nc(Nc2cc3c(cc2OC)CCN3C(=O)[C@H]2CCCN2C)nc2[nH]ccc12. The first-order chi connectivity index (χ1) is 19.9. The Morgan fingerprint density at radius 3 is 2.78 bits per heavy atom. The molecule has 10 nitrogen and oxygen atoms in total. The molecule has 2 aliphatic heterocycles. The molecule has 11 heteroatoms. The molecule has 6 rings (SSSR count). The number of hydrogen-bond donors (Lipinski definition) is 4. The number of amides is 1. The summed E-state index contributed by atoms with van der Waals surface area (Å²) in [5.41, 5.74) is 4.44. The van der Waals surface area contributed by atoms with Gasteiger partial charge in [0.2, 0.25) is 11.9 Å². The van der Waals surface area contributed by atoms with E-state index in [0.717, 1.165) is 42.4 Å². The molecule has 2 aromatic heterocycles. The lowest BCUT2D eigenvalue weighted by Crippen LogP contribution is -2.43. The Hall–Kier alpha value is -4.64. The number of methoxy groups -OCH3 is 1. The van der Waals surface area contributed by atoms with Crippen LogP contribution in [0, 0.1) is 5.82 Å². The summed E-state index contributed by atoms with van der Waals surface area (Å²) in [6, 6.07) is 10.4. The number of rotatable bonds is 8. The van der Waals surface area contributed by atoms with Crippen LogP contribution < -0.4 is 25.6 Å². The number of nitrogens with one attached hydrogen (secondary N) is 4. The standard InChI is InChI=1S/C30H33FN8O2/c1-17(32-2)26-20(31)7-5-8-21(26)34-28-19-10-12-33-27(19)36-30(37-28)35-22-16-24-18(15-25(22)41-4)11-14-39(24)29(40)23-9-6-13-38(23)3/h5,7-8,10,12,15-16,23,32H,1,6,9,11,13-14H2,2-4H3,(H3,33,34,35,36,37)/t23-/m1/s1. The van der Waals surface area contributed by atoms with Crippen LogP contribution >= 0.6 is 0 Å². The first-order valence-corrected chi connectivity index (χ1v) is 13.6. The molecule has 0 spiro atoms. The van der Waals surface area contributed by atoms with Gasteiger partial charge in [-0.1, -0.05) is 12.6 Å². The molecule has 1 fully saturated rings. The number of ether oxygens (including phenoxy) is 1. The highest BCUT2D eigenvalue weighted by atomic mass is 19.1. The van der Waals surface area contributed by atoms with E-state index in [1.807, 2.05) is 30.1 Å². The first kappa shape index (κ1) is 26.6. The largest absolute Gasteiger partial charge is 0.495 e. The van der Waals surface area contributed by atoms with Crippen molar-refractivity contribution in [3.05, 3.63) is 66.1 Å². The summed E-state index contributed by atoms with van der Waals surface area (Å²) in [4.78, 5) is 30.0. The van der Waals surface area contributed by atoms with Crippen molar-refractivity contribution in [1.82, 2.24) is 25.2 Å². The van der Waals surface area contributed by atoms with Crippen LogP contribution in [-0.4, -0.2) is 66.1 Å². The van der Waals surface area contributed by atoms with Gasteiger partial charge in [-0.25, -0.2) is 4.39 Å². The highest BCUT2D eigenvalue weighted by Crippen LogP contribution is 2.40. The van der Waals surface area contributed by atoms with E-state index >= 15 is 0 Å². The molecule has 4 N–H and O–H groups in total. The third-order valence-electron chi connectivity index (χ3n) is 7.90. The van der Waals surface area contributed by atoms with Crippen LogP contribution in [0.2, 0.25) is 0 Å². The van der Waals surface area contributed by atoms with Gasteiger partial charge in [0.05, 0.1) is 35.5 Å². The quantitative estimate of drug-likeness (QED) is 0.246. The number of hydrogen-bond acceptors (Lipinski definition) is 8. The van der Waals surface area contributed by atoms with Gasteiger partial charge in [-0.3, -0.25) is 9.69 Å². The Kier molecular flexibility index (Phi) is 6.96. The third kappa shape index (κ3) is 4.82. The van der Waals surface area contributed by atoms with Crippen LogP contribution in [0.1, 0.15) is 24.0 Å². The molecule has 0 unspecified atom stereocenters. The zero-order valence-corrected chi connectivity index (χ0v) is 23.3. The van der Waals surface area contributed by atoms with Crippen molar-refractivity contribution in [3.8, 4) is 5.75 Å². The molecule has 0 saturated carbocycles. The second kappa shape index (κ2) is 10.7. The molecule has 2 aliphatic rings. The fourth-order valence-electron chi connectivity index (χ4n) is 5.71. The highest BCUT2D eigenvalue weighted by molar-refractivity contribution is 6.00. The van der Waals surface area contributed by atoms with Gasteiger partial charge in [-0.2, -0.15) is 9.97 Å². The Morgan fingerprint density at radius 1 is 1.17 bits per heavy atom. The second-order valence-corrected chi connectivity index (χ2v) is 10.3. The number of nitrogens with zero attached hydrogens (tertiary/aromatic N) is 4. The van der Waals surface area contributed by atoms with Crippen LogP contribution in [0.3, 0.4) is 0 Å². The molecule has 1 amide bonds. The molecule has 4 heterocycles. The molecular weight excluding hydrogens is 523 g/mol. The number of benzene rings is 2. The van der Waals surface area contributed by atoms with Crippen molar-refractivity contribution in [1.29, 1.82) is 0 Å². The van der Waals surface area contributed by atoms with Crippen LogP contribution in [0.25, 0.3) is 16.7 Å². The van der Waals surface area contributed by atoms with Gasteiger partial charge in [-0.15, -0.1) is 0 Å². The van der Waals surface area contributed by atoms with Crippen molar-refractivity contribution in [2.75, 3.05) is 49.8 Å². The Balaban J connectivity index is 1.35. The third-order valence-corrected chi connectivity index (χ3v) is 7.90. The number of H-pyrrole nitrogens is 1. The number of halogens is 1. The Bertz CT molecular complexity index is 1650. The molecular formula is C30H33FN8O2. The van der Waals surface area contributed by atoms with E-state index in [9.17, 15) is 9.18 Å². The molecule has 0 bridgehead atoms. The van der Waals surface area contributed by atoms with Crippen molar-refractivity contribution >= 4 is 51.5 Å². The number of likely N-dealkylation sites (tertiary alicyclic amines) is 1. The lowest BCUT2D eigenvalue weighted by Gasteiger charge is -2.26. The number of anilines is 5. The van der Waals surface area contributed by atoms with E-state index in [-0.39, 0.29) is 11.9 Å². The number of carbonyl (C=O) groups excluding carboxylic acids is 1. The van der Waals surface area contributed by atoms with Crippen molar-refractivity contribution in [2.45, 2.75) is 25.3 Å². The van der Waals surface area contributed by atoms with Gasteiger partial charge in [0, 0.05) is 31.2 Å². The molecule has 4 aromatic rings. The van der Waals surface area contributed by atoms with E-state index in [0.29, 0.717) is 52.3 Å². The van der Waals surface area contributed by atoms with Crippen molar-refractivity contribution in [2.24, 2.45) is 0 Å². The Labute approximate surface area is 237 Å². The van der Waals surface area contributed by atoms with Crippen LogP contribution in [0.4, 0.5) is 33.2 Å². The first-order valence-electron chi connectivity index (χ1n) is 13.6. The average Bonchev–Trinajstić information content (AvgIpc) is 3.71. The van der Waals surface area contributed by atoms with Gasteiger partial charge in [0.25, 0.3) is 0 Å². The predicted molar refractivity (Wildman–Crippen MR) is 160 cm³/mol. The summed E-state index contributed by atoms with van der Waals surface area (Å²) in [5.74, 6) is 1.13. The molecule has 0 aliphatic carbocycles. The Morgan fingerprint density at radius 2 is 2.02 bits per heavy atom. The summed E-state index contributed by atoms with van der Waals surface area (Å²) in [6.45, 7) is 5.51. The molecule has 0 radical (unpaired) electrons. The van der Waals surface area contributed by atoms with E-state index in [2.05, 4.69) is 37.4 Å². The monoisotopic (exact) mass is 556 g/mol. The number of aromatic nitrogens is 3. The second-order valence-electron chi connectivity index (χ2n) is 10.3. The van der Waals surface area contributed by atoms with Crippen LogP contribution in [-0.2, 0) is 11.2 Å². The molecule has 1 saturated heterocycles. The fourth-order valence-corrected chi connectivity index (χ4v) is 5.71. The zero-order valence-electron chi connectivity index (χ0n) is 23.3. The maximum atomic E-state index is 14.8. The van der Waals surface area contributed by atoms with E-state index in [1.54, 1.807) is 32.5 Å². The van der Waals surface area contributed by atoms with E-state index < -0.39 is 5.82 Å². The van der Waals surface area contributed by atoms with Crippen LogP contribution in [0.5, 0.6) is 5.75 Å². The van der Waals surface area contributed by atoms with E-state index in [1.165, 1.54) is 6.07 Å². The minimum Gasteiger partial charge on any atom is -0.495 e. The number of carbonyl (C=O) groups is 1. The lowest BCUT2D eigenvalue weighted by molar-refractivity contribution is -0.122. The lowest BCUT2D eigenvalue weighted by atomic mass is 10.1. The highest BCUT2D eigenvalue weighted by Gasteiger charge is 2.35. The van der Waals surface area contributed by atoms with Gasteiger partial charge in [0.1, 0.15) is 23.0 Å². The van der Waals surface area contributed by atoms with Gasteiger partial charge in [0.15, 0.2) is 0 Å². The summed E-state index contributed by atoms with van der Waals surface area (Å²) in [7, 11) is 5.31. The summed E-state index contributed by atoms with van der Waals surface area (Å²) < 4.78 is 20.5. The molecule has 1 atom stereocenters. The molecule has 2 aromatic carbocycles. The zero-order chi connectivity index (χ0) is 28.7. The van der Waals surface area contributed by atoms with E-state index in [4.69, 9.17) is 9.72 Å². The summed E-state index contributed by atoms with van der Waals surface area (Å²) >= 11 is 0. The predicted octanol–water partition coefficient (Wildman–Crippen LogP) is 4.77. The van der Waals surface area contributed by atoms with Gasteiger partial charge < -0.3 is 30.6 Å². The minimum atomic E-state index is -0.405.